The average molecular weight is 176 g/mol. The summed E-state index contributed by atoms with van der Waals surface area (Å²) in [4.78, 5) is 14.6. The molecular formula is C9H8N2O2. The Balaban J connectivity index is 2.67. The molecule has 1 aromatic carbocycles. The Morgan fingerprint density at radius 3 is 3.08 bits per heavy atom. The lowest BCUT2D eigenvalue weighted by Crippen LogP contribution is -1.90. The van der Waals surface area contributed by atoms with Gasteiger partial charge in [-0.05, 0) is 12.1 Å². The molecule has 0 aliphatic heterocycles. The molecule has 0 saturated carbocycles. The predicted octanol–water partition coefficient (Wildman–Crippen LogP) is 1.08. The smallest absolute Gasteiger partial charge is 0.219 e. The van der Waals surface area contributed by atoms with E-state index < -0.39 is 0 Å². The summed E-state index contributed by atoms with van der Waals surface area (Å²) >= 11 is 0. The van der Waals surface area contributed by atoms with Crippen LogP contribution in [-0.2, 0) is 4.79 Å². The van der Waals surface area contributed by atoms with E-state index in [1.54, 1.807) is 25.3 Å². The summed E-state index contributed by atoms with van der Waals surface area (Å²) in [6.45, 7) is 0. The van der Waals surface area contributed by atoms with Gasteiger partial charge >= 0.3 is 0 Å². The number of aromatic nitrogens is 2. The summed E-state index contributed by atoms with van der Waals surface area (Å²) in [5.41, 5.74) is 1.54. The van der Waals surface area contributed by atoms with Crippen molar-refractivity contribution in [2.75, 3.05) is 7.11 Å². The van der Waals surface area contributed by atoms with Crippen LogP contribution in [0.15, 0.2) is 24.5 Å². The Morgan fingerprint density at radius 1 is 1.54 bits per heavy atom. The van der Waals surface area contributed by atoms with E-state index in [4.69, 9.17) is 4.74 Å². The molecule has 0 fully saturated rings. The second kappa shape index (κ2) is 2.90. The van der Waals surface area contributed by atoms with Gasteiger partial charge in [-0.2, -0.15) is 0 Å². The van der Waals surface area contributed by atoms with Gasteiger partial charge in [-0.1, -0.05) is 0 Å². The Bertz CT molecular complexity index is 448. The van der Waals surface area contributed by atoms with Gasteiger partial charge in [-0.15, -0.1) is 0 Å². The topological polar surface area (TPSA) is 44.1 Å². The number of imidazole rings is 1. The van der Waals surface area contributed by atoms with Gasteiger partial charge in [-0.25, -0.2) is 4.98 Å². The molecule has 0 saturated heterocycles. The fourth-order valence-electron chi connectivity index (χ4n) is 1.22. The van der Waals surface area contributed by atoms with Crippen LogP contribution in [-0.4, -0.2) is 23.1 Å². The van der Waals surface area contributed by atoms with E-state index in [1.165, 1.54) is 10.9 Å². The molecule has 1 aromatic heterocycles. The van der Waals surface area contributed by atoms with Crippen LogP contribution in [0.5, 0.6) is 5.75 Å². The Morgan fingerprint density at radius 2 is 2.38 bits per heavy atom. The first-order valence-electron chi connectivity index (χ1n) is 3.81. The zero-order valence-corrected chi connectivity index (χ0v) is 7.10. The third-order valence-electron chi connectivity index (χ3n) is 1.90. The third kappa shape index (κ3) is 1.16. The van der Waals surface area contributed by atoms with Crippen molar-refractivity contribution in [2.45, 2.75) is 0 Å². The molecule has 2 rings (SSSR count). The molecule has 0 N–H and O–H groups in total. The number of carbonyl (C=O) groups excluding carboxylic acids is 1. The van der Waals surface area contributed by atoms with Crippen LogP contribution in [0, 0.1) is 0 Å². The number of fused-ring (bicyclic) bond motifs is 1. The van der Waals surface area contributed by atoms with Gasteiger partial charge in [0.05, 0.1) is 18.1 Å². The number of benzene rings is 1. The minimum absolute atomic E-state index is 0.724. The van der Waals surface area contributed by atoms with Crippen molar-refractivity contribution in [1.29, 1.82) is 0 Å². The Kier molecular flexibility index (Phi) is 1.73. The van der Waals surface area contributed by atoms with Crippen LogP contribution in [0.3, 0.4) is 0 Å². The van der Waals surface area contributed by atoms with E-state index in [0.29, 0.717) is 0 Å². The molecule has 13 heavy (non-hydrogen) atoms. The summed E-state index contributed by atoms with van der Waals surface area (Å²) < 4.78 is 6.45. The van der Waals surface area contributed by atoms with E-state index in [1.807, 2.05) is 0 Å². The second-order valence-corrected chi connectivity index (χ2v) is 2.61. The first-order chi connectivity index (χ1) is 6.35. The zero-order chi connectivity index (χ0) is 9.26. The normalized spacial score (nSPS) is 10.2. The maximum Gasteiger partial charge on any atom is 0.219 e. The van der Waals surface area contributed by atoms with Crippen LogP contribution in [0.1, 0.15) is 0 Å². The van der Waals surface area contributed by atoms with Crippen molar-refractivity contribution in [3.63, 3.8) is 0 Å². The highest BCUT2D eigenvalue weighted by Crippen LogP contribution is 2.18. The SMILES string of the molecule is COc1ccc2c(c1)ncn2C=O. The average Bonchev–Trinajstić information content (AvgIpc) is 2.59. The predicted molar refractivity (Wildman–Crippen MR) is 48.4 cm³/mol. The molecule has 0 spiro atoms. The summed E-state index contributed by atoms with van der Waals surface area (Å²) in [5.74, 6) is 0.739. The third-order valence-corrected chi connectivity index (χ3v) is 1.90. The number of rotatable bonds is 2. The molecular weight excluding hydrogens is 168 g/mol. The highest BCUT2D eigenvalue weighted by Gasteiger charge is 2.01. The molecule has 0 atom stereocenters. The van der Waals surface area contributed by atoms with Crippen molar-refractivity contribution in [1.82, 2.24) is 9.55 Å². The number of hydrogen-bond acceptors (Lipinski definition) is 3. The van der Waals surface area contributed by atoms with Crippen molar-refractivity contribution in [3.8, 4) is 5.75 Å². The lowest BCUT2D eigenvalue weighted by atomic mass is 10.3. The Hall–Kier alpha value is -1.84. The fraction of sp³-hybridized carbons (Fsp3) is 0.111. The van der Waals surface area contributed by atoms with Crippen molar-refractivity contribution in [3.05, 3.63) is 24.5 Å². The number of hydrogen-bond donors (Lipinski definition) is 0. The van der Waals surface area contributed by atoms with E-state index in [0.717, 1.165) is 23.2 Å². The van der Waals surface area contributed by atoms with Gasteiger partial charge in [-0.3, -0.25) is 9.36 Å². The maximum absolute atomic E-state index is 10.5. The molecule has 4 nitrogen and oxygen atoms in total. The van der Waals surface area contributed by atoms with Crippen molar-refractivity contribution in [2.24, 2.45) is 0 Å². The fourth-order valence-corrected chi connectivity index (χ4v) is 1.22. The van der Waals surface area contributed by atoms with Crippen LogP contribution in [0.4, 0.5) is 0 Å². The van der Waals surface area contributed by atoms with Crippen LogP contribution in [0.2, 0.25) is 0 Å². The molecule has 66 valence electrons. The van der Waals surface area contributed by atoms with Crippen LogP contribution >= 0.6 is 0 Å². The lowest BCUT2D eigenvalue weighted by Gasteiger charge is -1.98. The summed E-state index contributed by atoms with van der Waals surface area (Å²) in [7, 11) is 1.60. The zero-order valence-electron chi connectivity index (χ0n) is 7.10. The molecule has 0 unspecified atom stereocenters. The highest BCUT2D eigenvalue weighted by molar-refractivity contribution is 5.82. The van der Waals surface area contributed by atoms with Gasteiger partial charge in [0.2, 0.25) is 6.41 Å². The van der Waals surface area contributed by atoms with Crippen LogP contribution in [0.25, 0.3) is 11.0 Å². The Labute approximate surface area is 74.8 Å². The summed E-state index contributed by atoms with van der Waals surface area (Å²) in [6, 6.07) is 5.38. The largest absolute Gasteiger partial charge is 0.497 e. The summed E-state index contributed by atoms with van der Waals surface area (Å²) in [6.07, 6.45) is 2.21. The molecule has 0 aliphatic rings. The highest BCUT2D eigenvalue weighted by atomic mass is 16.5. The van der Waals surface area contributed by atoms with Gasteiger partial charge in [0.15, 0.2) is 0 Å². The molecule has 0 aliphatic carbocycles. The van der Waals surface area contributed by atoms with Gasteiger partial charge in [0, 0.05) is 6.07 Å². The van der Waals surface area contributed by atoms with Crippen molar-refractivity contribution >= 4 is 17.4 Å². The maximum atomic E-state index is 10.5. The lowest BCUT2D eigenvalue weighted by molar-refractivity contribution is 0.415. The minimum Gasteiger partial charge on any atom is -0.497 e. The monoisotopic (exact) mass is 176 g/mol. The molecule has 0 bridgehead atoms. The molecule has 2 aromatic rings. The molecule has 4 heteroatoms. The number of nitrogens with zero attached hydrogens (tertiary/aromatic N) is 2. The number of methoxy groups -OCH3 is 1. The number of ether oxygens (including phenoxy) is 1. The molecule has 0 radical (unpaired) electrons. The minimum atomic E-state index is 0.724. The van der Waals surface area contributed by atoms with Gasteiger partial charge in [0.1, 0.15) is 12.1 Å². The van der Waals surface area contributed by atoms with Gasteiger partial charge < -0.3 is 4.74 Å². The molecule has 0 amide bonds. The van der Waals surface area contributed by atoms with Crippen molar-refractivity contribution < 1.29 is 9.53 Å². The standard InChI is InChI=1S/C9H8N2O2/c1-13-7-2-3-9-8(4-7)10-5-11(9)6-12/h2-6H,1H3. The second-order valence-electron chi connectivity index (χ2n) is 2.61. The quantitative estimate of drug-likeness (QED) is 0.643. The molecule has 1 heterocycles. The first-order valence-corrected chi connectivity index (χ1v) is 3.81. The van der Waals surface area contributed by atoms with E-state index >= 15 is 0 Å². The van der Waals surface area contributed by atoms with Crippen LogP contribution < -0.4 is 4.74 Å². The number of carbonyl (C=O) groups is 1. The van der Waals surface area contributed by atoms with Gasteiger partial charge in [0.25, 0.3) is 0 Å². The van der Waals surface area contributed by atoms with E-state index in [9.17, 15) is 4.79 Å². The summed E-state index contributed by atoms with van der Waals surface area (Å²) in [5, 5.41) is 0. The van der Waals surface area contributed by atoms with E-state index in [-0.39, 0.29) is 0 Å². The first kappa shape index (κ1) is 7.79. The van der Waals surface area contributed by atoms with E-state index in [2.05, 4.69) is 4.98 Å².